The van der Waals surface area contributed by atoms with Gasteiger partial charge < -0.3 is 9.52 Å². The van der Waals surface area contributed by atoms with E-state index >= 15 is 0 Å². The zero-order valence-electron chi connectivity index (χ0n) is 5.96. The topological polar surface area (TPSA) is 33.4 Å². The lowest BCUT2D eigenvalue weighted by Crippen LogP contribution is -1.93. The van der Waals surface area contributed by atoms with E-state index in [2.05, 4.69) is 22.5 Å². The van der Waals surface area contributed by atoms with Gasteiger partial charge in [-0.15, -0.1) is 0 Å². The average molecular weight is 217 g/mol. The maximum atomic E-state index is 9.40. The summed E-state index contributed by atoms with van der Waals surface area (Å²) in [5.41, 5.74) is 0. The molecule has 1 atom stereocenters. The first-order valence-electron chi connectivity index (χ1n) is 3.25. The zero-order valence-corrected chi connectivity index (χ0v) is 7.54. The van der Waals surface area contributed by atoms with Crippen molar-refractivity contribution < 1.29 is 9.52 Å². The van der Waals surface area contributed by atoms with Gasteiger partial charge in [-0.05, 0) is 16.6 Å². The summed E-state index contributed by atoms with van der Waals surface area (Å²) in [7, 11) is 0. The summed E-state index contributed by atoms with van der Waals surface area (Å²) in [6.07, 6.45) is 1.43. The third-order valence-electron chi connectivity index (χ3n) is 1.29. The van der Waals surface area contributed by atoms with Crippen LogP contribution in [0.15, 0.2) is 33.9 Å². The van der Waals surface area contributed by atoms with Gasteiger partial charge >= 0.3 is 0 Å². The molecule has 11 heavy (non-hydrogen) atoms. The lowest BCUT2D eigenvalue weighted by Gasteiger charge is -2.04. The van der Waals surface area contributed by atoms with Crippen LogP contribution in [0, 0.1) is 0 Å². The number of rotatable bonds is 3. The van der Waals surface area contributed by atoms with Crippen molar-refractivity contribution in [2.45, 2.75) is 12.5 Å². The van der Waals surface area contributed by atoms with Crippen molar-refractivity contribution >= 4 is 15.9 Å². The molecule has 0 amide bonds. The molecule has 0 saturated heterocycles. The van der Waals surface area contributed by atoms with Gasteiger partial charge in [0.05, 0.1) is 6.26 Å². The average Bonchev–Trinajstić information content (AvgIpc) is 2.35. The summed E-state index contributed by atoms with van der Waals surface area (Å²) in [6, 6.07) is 3.48. The Balaban J connectivity index is 2.56. The van der Waals surface area contributed by atoms with Crippen molar-refractivity contribution in [1.82, 2.24) is 0 Å². The van der Waals surface area contributed by atoms with Crippen molar-refractivity contribution in [3.63, 3.8) is 0 Å². The van der Waals surface area contributed by atoms with E-state index in [0.717, 1.165) is 4.48 Å². The molecule has 2 nitrogen and oxygen atoms in total. The molecular formula is C8H9BrO2. The maximum Gasteiger partial charge on any atom is 0.132 e. The molecule has 0 aliphatic carbocycles. The Bertz CT molecular complexity index is 228. The van der Waals surface area contributed by atoms with Gasteiger partial charge in [0, 0.05) is 6.42 Å². The Labute approximate surface area is 73.7 Å². The standard InChI is InChI=1S/C8H9BrO2/c1-6(9)5-7(10)8-3-2-4-11-8/h2-4,7,10H,1,5H2. The maximum absolute atomic E-state index is 9.40. The Kier molecular flexibility index (Phi) is 2.91. The van der Waals surface area contributed by atoms with Gasteiger partial charge in [0.2, 0.25) is 0 Å². The molecule has 0 fully saturated rings. The number of furan rings is 1. The van der Waals surface area contributed by atoms with E-state index < -0.39 is 6.10 Å². The fraction of sp³-hybridized carbons (Fsp3) is 0.250. The van der Waals surface area contributed by atoms with Crippen LogP contribution in [-0.2, 0) is 0 Å². The van der Waals surface area contributed by atoms with Gasteiger partial charge in [0.15, 0.2) is 0 Å². The van der Waals surface area contributed by atoms with Crippen LogP contribution in [0.1, 0.15) is 18.3 Å². The normalized spacial score (nSPS) is 12.9. The molecule has 0 radical (unpaired) electrons. The molecule has 0 saturated carbocycles. The lowest BCUT2D eigenvalue weighted by atomic mass is 10.2. The molecule has 0 aliphatic heterocycles. The second-order valence-corrected chi connectivity index (χ2v) is 3.37. The summed E-state index contributed by atoms with van der Waals surface area (Å²) >= 11 is 3.16. The van der Waals surface area contributed by atoms with E-state index in [-0.39, 0.29) is 0 Å². The van der Waals surface area contributed by atoms with Gasteiger partial charge in [-0.3, -0.25) is 0 Å². The van der Waals surface area contributed by atoms with Crippen LogP contribution in [0.4, 0.5) is 0 Å². The molecule has 60 valence electrons. The van der Waals surface area contributed by atoms with Crippen molar-refractivity contribution in [2.24, 2.45) is 0 Å². The summed E-state index contributed by atoms with van der Waals surface area (Å²) in [5, 5.41) is 9.40. The molecule has 3 heteroatoms. The van der Waals surface area contributed by atoms with E-state index in [0.29, 0.717) is 12.2 Å². The summed E-state index contributed by atoms with van der Waals surface area (Å²) in [4.78, 5) is 0. The first-order chi connectivity index (χ1) is 5.20. The number of aliphatic hydroxyl groups is 1. The van der Waals surface area contributed by atoms with Crippen molar-refractivity contribution in [1.29, 1.82) is 0 Å². The first kappa shape index (κ1) is 8.56. The molecule has 1 rings (SSSR count). The fourth-order valence-electron chi connectivity index (χ4n) is 0.791. The highest BCUT2D eigenvalue weighted by Gasteiger charge is 2.09. The van der Waals surface area contributed by atoms with Crippen LogP contribution in [0.3, 0.4) is 0 Å². The van der Waals surface area contributed by atoms with Crippen LogP contribution >= 0.6 is 15.9 Å². The highest BCUT2D eigenvalue weighted by molar-refractivity contribution is 9.11. The van der Waals surface area contributed by atoms with Gasteiger partial charge in [-0.1, -0.05) is 22.5 Å². The van der Waals surface area contributed by atoms with E-state index in [1.165, 1.54) is 6.26 Å². The van der Waals surface area contributed by atoms with Gasteiger partial charge in [-0.25, -0.2) is 0 Å². The molecular weight excluding hydrogens is 208 g/mol. The molecule has 0 aliphatic rings. The molecule has 1 aromatic rings. The lowest BCUT2D eigenvalue weighted by molar-refractivity contribution is 0.152. The van der Waals surface area contributed by atoms with Crippen LogP contribution in [0.25, 0.3) is 0 Å². The predicted octanol–water partition coefficient (Wildman–Crippen LogP) is 2.61. The van der Waals surface area contributed by atoms with Crippen LogP contribution in [0.2, 0.25) is 0 Å². The Morgan fingerprint density at radius 2 is 2.55 bits per heavy atom. The van der Waals surface area contributed by atoms with Gasteiger partial charge in [0.1, 0.15) is 11.9 Å². The summed E-state index contributed by atoms with van der Waals surface area (Å²) in [6.45, 7) is 3.62. The Morgan fingerprint density at radius 1 is 1.82 bits per heavy atom. The zero-order chi connectivity index (χ0) is 8.27. The highest BCUT2D eigenvalue weighted by Crippen LogP contribution is 2.22. The predicted molar refractivity (Wildman–Crippen MR) is 46.4 cm³/mol. The number of hydrogen-bond acceptors (Lipinski definition) is 2. The molecule has 1 unspecified atom stereocenters. The van der Waals surface area contributed by atoms with E-state index in [1.807, 2.05) is 0 Å². The quantitative estimate of drug-likeness (QED) is 0.844. The fourth-order valence-corrected chi connectivity index (χ4v) is 1.10. The SMILES string of the molecule is C=C(Br)CC(O)c1ccco1. The van der Waals surface area contributed by atoms with Crippen LogP contribution < -0.4 is 0 Å². The minimum Gasteiger partial charge on any atom is -0.467 e. The molecule has 1 N–H and O–H groups in total. The molecule has 0 bridgehead atoms. The van der Waals surface area contributed by atoms with Gasteiger partial charge in [-0.2, -0.15) is 0 Å². The van der Waals surface area contributed by atoms with Gasteiger partial charge in [0.25, 0.3) is 0 Å². The molecule has 0 spiro atoms. The van der Waals surface area contributed by atoms with E-state index in [9.17, 15) is 5.11 Å². The Morgan fingerprint density at radius 3 is 3.00 bits per heavy atom. The molecule has 1 aromatic heterocycles. The van der Waals surface area contributed by atoms with Crippen LogP contribution in [-0.4, -0.2) is 5.11 Å². The highest BCUT2D eigenvalue weighted by atomic mass is 79.9. The van der Waals surface area contributed by atoms with Crippen LogP contribution in [0.5, 0.6) is 0 Å². The number of halogens is 1. The Hall–Kier alpha value is -0.540. The third kappa shape index (κ3) is 2.52. The minimum absolute atomic E-state index is 0.480. The monoisotopic (exact) mass is 216 g/mol. The number of aliphatic hydroxyl groups excluding tert-OH is 1. The first-order valence-corrected chi connectivity index (χ1v) is 4.04. The second-order valence-electron chi connectivity index (χ2n) is 2.25. The molecule has 0 aromatic carbocycles. The van der Waals surface area contributed by atoms with E-state index in [1.54, 1.807) is 12.1 Å². The largest absolute Gasteiger partial charge is 0.467 e. The number of hydrogen-bond donors (Lipinski definition) is 1. The molecule has 1 heterocycles. The second kappa shape index (κ2) is 3.74. The van der Waals surface area contributed by atoms with E-state index in [4.69, 9.17) is 4.42 Å². The van der Waals surface area contributed by atoms with Crippen molar-refractivity contribution in [2.75, 3.05) is 0 Å². The summed E-state index contributed by atoms with van der Waals surface area (Å²) < 4.78 is 5.75. The summed E-state index contributed by atoms with van der Waals surface area (Å²) in [5.74, 6) is 0.575. The minimum atomic E-state index is -0.586. The van der Waals surface area contributed by atoms with Crippen molar-refractivity contribution in [3.05, 3.63) is 35.2 Å². The third-order valence-corrected chi connectivity index (χ3v) is 1.61. The smallest absolute Gasteiger partial charge is 0.132 e. The van der Waals surface area contributed by atoms with Crippen molar-refractivity contribution in [3.8, 4) is 0 Å².